The number of aromatic nitrogens is 2. The van der Waals surface area contributed by atoms with E-state index in [1.54, 1.807) is 10.9 Å². The minimum absolute atomic E-state index is 0.133. The Hall–Kier alpha value is -1.52. The van der Waals surface area contributed by atoms with Crippen molar-refractivity contribution < 1.29 is 4.79 Å². The number of aryl methyl sites for hydroxylation is 1. The van der Waals surface area contributed by atoms with Gasteiger partial charge in [0.05, 0.1) is 5.69 Å². The fourth-order valence-corrected chi connectivity index (χ4v) is 2.45. The molecule has 1 fully saturated rings. The molecule has 0 radical (unpaired) electrons. The van der Waals surface area contributed by atoms with Gasteiger partial charge in [0.15, 0.2) is 5.69 Å². The minimum Gasteiger partial charge on any atom is -0.396 e. The summed E-state index contributed by atoms with van der Waals surface area (Å²) < 4.78 is 1.69. The predicted octanol–water partition coefficient (Wildman–Crippen LogP) is 1.94. The lowest BCUT2D eigenvalue weighted by Crippen LogP contribution is -2.35. The highest BCUT2D eigenvalue weighted by molar-refractivity contribution is 5.97. The standard InChI is InChI=1S/C13H22N4O/c1-2-17-9-11(14)12(16-17)13(18)15-10-7-5-3-4-6-8-10/h9-10H,2-8,14H2,1H3,(H,15,18). The molecule has 0 spiro atoms. The summed E-state index contributed by atoms with van der Waals surface area (Å²) in [5, 5.41) is 7.26. The number of amides is 1. The van der Waals surface area contributed by atoms with Crippen molar-refractivity contribution in [2.45, 2.75) is 58.0 Å². The van der Waals surface area contributed by atoms with E-state index in [1.807, 2.05) is 6.92 Å². The number of carbonyl (C=O) groups is 1. The third-order valence-corrected chi connectivity index (χ3v) is 3.52. The maximum Gasteiger partial charge on any atom is 0.274 e. The third kappa shape index (κ3) is 3.03. The van der Waals surface area contributed by atoms with Crippen molar-refractivity contribution >= 4 is 11.6 Å². The highest BCUT2D eigenvalue weighted by atomic mass is 16.2. The quantitative estimate of drug-likeness (QED) is 0.805. The van der Waals surface area contributed by atoms with Crippen LogP contribution in [0.1, 0.15) is 55.9 Å². The van der Waals surface area contributed by atoms with Crippen LogP contribution < -0.4 is 11.1 Å². The van der Waals surface area contributed by atoms with Crippen LogP contribution in [-0.2, 0) is 6.54 Å². The van der Waals surface area contributed by atoms with E-state index < -0.39 is 0 Å². The first-order chi connectivity index (χ1) is 8.70. The average molecular weight is 250 g/mol. The number of nitrogen functional groups attached to an aromatic ring is 1. The summed E-state index contributed by atoms with van der Waals surface area (Å²) in [4.78, 5) is 12.1. The molecule has 1 amide bonds. The molecule has 2 rings (SSSR count). The summed E-state index contributed by atoms with van der Waals surface area (Å²) in [6.07, 6.45) is 8.80. The monoisotopic (exact) mass is 250 g/mol. The van der Waals surface area contributed by atoms with Crippen LogP contribution in [0.3, 0.4) is 0 Å². The minimum atomic E-state index is -0.133. The number of hydrogen-bond acceptors (Lipinski definition) is 3. The van der Waals surface area contributed by atoms with Gasteiger partial charge in [0.2, 0.25) is 0 Å². The average Bonchev–Trinajstić information content (AvgIpc) is 2.57. The second kappa shape index (κ2) is 5.89. The van der Waals surface area contributed by atoms with E-state index in [4.69, 9.17) is 5.73 Å². The largest absolute Gasteiger partial charge is 0.396 e. The number of anilines is 1. The smallest absolute Gasteiger partial charge is 0.274 e. The molecule has 5 heteroatoms. The van der Waals surface area contributed by atoms with Crippen molar-refractivity contribution in [2.24, 2.45) is 0 Å². The molecular weight excluding hydrogens is 228 g/mol. The van der Waals surface area contributed by atoms with Gasteiger partial charge < -0.3 is 11.1 Å². The molecule has 1 heterocycles. The van der Waals surface area contributed by atoms with Crippen LogP contribution in [0.25, 0.3) is 0 Å². The molecule has 0 aromatic carbocycles. The SMILES string of the molecule is CCn1cc(N)c(C(=O)NC2CCCCCC2)n1. The highest BCUT2D eigenvalue weighted by Gasteiger charge is 2.19. The van der Waals surface area contributed by atoms with E-state index >= 15 is 0 Å². The number of nitrogens with zero attached hydrogens (tertiary/aromatic N) is 2. The third-order valence-electron chi connectivity index (χ3n) is 3.52. The molecular formula is C13H22N4O. The van der Waals surface area contributed by atoms with E-state index in [2.05, 4.69) is 10.4 Å². The van der Waals surface area contributed by atoms with Gasteiger partial charge >= 0.3 is 0 Å². The first-order valence-corrected chi connectivity index (χ1v) is 6.84. The Labute approximate surface area is 108 Å². The molecule has 1 aromatic heterocycles. The Morgan fingerprint density at radius 2 is 2.11 bits per heavy atom. The number of nitrogens with one attached hydrogen (secondary N) is 1. The molecule has 1 aliphatic carbocycles. The topological polar surface area (TPSA) is 72.9 Å². The summed E-state index contributed by atoms with van der Waals surface area (Å²) in [6, 6.07) is 0.283. The van der Waals surface area contributed by atoms with Gasteiger partial charge in [-0.3, -0.25) is 9.48 Å². The molecule has 1 aromatic rings. The van der Waals surface area contributed by atoms with Gasteiger partial charge in [-0.15, -0.1) is 0 Å². The molecule has 1 aliphatic rings. The fourth-order valence-electron chi connectivity index (χ4n) is 2.45. The predicted molar refractivity (Wildman–Crippen MR) is 71.3 cm³/mol. The lowest BCUT2D eigenvalue weighted by Gasteiger charge is -2.15. The Balaban J connectivity index is 1.99. The molecule has 3 N–H and O–H groups in total. The van der Waals surface area contributed by atoms with Crippen LogP contribution in [-0.4, -0.2) is 21.7 Å². The summed E-state index contributed by atoms with van der Waals surface area (Å²) in [6.45, 7) is 2.69. The molecule has 18 heavy (non-hydrogen) atoms. The first-order valence-electron chi connectivity index (χ1n) is 6.84. The zero-order valence-electron chi connectivity index (χ0n) is 11.0. The van der Waals surface area contributed by atoms with Crippen molar-refractivity contribution in [3.05, 3.63) is 11.9 Å². The van der Waals surface area contributed by atoms with Crippen LogP contribution in [0.4, 0.5) is 5.69 Å². The maximum absolute atomic E-state index is 12.1. The molecule has 100 valence electrons. The van der Waals surface area contributed by atoms with E-state index in [1.165, 1.54) is 25.7 Å². The second-order valence-electron chi connectivity index (χ2n) is 4.95. The summed E-state index contributed by atoms with van der Waals surface area (Å²) >= 11 is 0. The van der Waals surface area contributed by atoms with Crippen molar-refractivity contribution in [3.8, 4) is 0 Å². The Bertz CT molecular complexity index is 405. The summed E-state index contributed by atoms with van der Waals surface area (Å²) in [5.74, 6) is -0.133. The number of rotatable bonds is 3. The Morgan fingerprint density at radius 1 is 1.44 bits per heavy atom. The van der Waals surface area contributed by atoms with E-state index in [-0.39, 0.29) is 11.9 Å². The van der Waals surface area contributed by atoms with Crippen LogP contribution >= 0.6 is 0 Å². The lowest BCUT2D eigenvalue weighted by molar-refractivity contribution is 0.0928. The van der Waals surface area contributed by atoms with Crippen molar-refractivity contribution in [2.75, 3.05) is 5.73 Å². The van der Waals surface area contributed by atoms with Gasteiger partial charge in [-0.05, 0) is 19.8 Å². The summed E-state index contributed by atoms with van der Waals surface area (Å²) in [7, 11) is 0. The van der Waals surface area contributed by atoms with Crippen LogP contribution in [0.2, 0.25) is 0 Å². The molecule has 0 unspecified atom stereocenters. The molecule has 0 aliphatic heterocycles. The second-order valence-corrected chi connectivity index (χ2v) is 4.95. The van der Waals surface area contributed by atoms with Crippen LogP contribution in [0.15, 0.2) is 6.20 Å². The van der Waals surface area contributed by atoms with Gasteiger partial charge in [-0.2, -0.15) is 5.10 Å². The molecule has 1 saturated carbocycles. The Kier molecular flexibility index (Phi) is 4.23. The maximum atomic E-state index is 12.1. The van der Waals surface area contributed by atoms with Crippen LogP contribution in [0, 0.1) is 0 Å². The number of nitrogens with two attached hydrogens (primary N) is 1. The number of hydrogen-bond donors (Lipinski definition) is 2. The fraction of sp³-hybridized carbons (Fsp3) is 0.692. The van der Waals surface area contributed by atoms with E-state index in [0.717, 1.165) is 19.4 Å². The summed E-state index contributed by atoms with van der Waals surface area (Å²) in [5.41, 5.74) is 6.63. The zero-order valence-corrected chi connectivity index (χ0v) is 11.0. The first kappa shape index (κ1) is 12.9. The Morgan fingerprint density at radius 3 is 2.67 bits per heavy atom. The highest BCUT2D eigenvalue weighted by Crippen LogP contribution is 2.18. The molecule has 0 bridgehead atoms. The van der Waals surface area contributed by atoms with Gasteiger partial charge in [0.25, 0.3) is 5.91 Å². The molecule has 5 nitrogen and oxygen atoms in total. The van der Waals surface area contributed by atoms with Gasteiger partial charge in [-0.25, -0.2) is 0 Å². The van der Waals surface area contributed by atoms with E-state index in [0.29, 0.717) is 11.4 Å². The number of carbonyl (C=O) groups excluding carboxylic acids is 1. The van der Waals surface area contributed by atoms with E-state index in [9.17, 15) is 4.79 Å². The van der Waals surface area contributed by atoms with Gasteiger partial charge in [0.1, 0.15) is 0 Å². The van der Waals surface area contributed by atoms with Gasteiger partial charge in [0, 0.05) is 18.8 Å². The van der Waals surface area contributed by atoms with Gasteiger partial charge in [-0.1, -0.05) is 25.7 Å². The van der Waals surface area contributed by atoms with Crippen LogP contribution in [0.5, 0.6) is 0 Å². The normalized spacial score (nSPS) is 17.4. The van der Waals surface area contributed by atoms with Crippen molar-refractivity contribution in [3.63, 3.8) is 0 Å². The zero-order chi connectivity index (χ0) is 13.0. The molecule has 0 atom stereocenters. The van der Waals surface area contributed by atoms with Crippen molar-refractivity contribution in [1.29, 1.82) is 0 Å². The molecule has 0 saturated heterocycles. The lowest BCUT2D eigenvalue weighted by atomic mass is 10.1. The van der Waals surface area contributed by atoms with Crippen molar-refractivity contribution in [1.82, 2.24) is 15.1 Å².